The van der Waals surface area contributed by atoms with Crippen molar-refractivity contribution in [1.29, 1.82) is 0 Å². The van der Waals surface area contributed by atoms with Crippen molar-refractivity contribution in [2.45, 2.75) is 13.3 Å². The number of rotatable bonds is 7. The van der Waals surface area contributed by atoms with E-state index in [1.807, 2.05) is 36.4 Å². The second-order valence-electron chi connectivity index (χ2n) is 5.25. The Morgan fingerprint density at radius 1 is 1.08 bits per heavy atom. The van der Waals surface area contributed by atoms with Crippen molar-refractivity contribution in [3.05, 3.63) is 54.9 Å². The summed E-state index contributed by atoms with van der Waals surface area (Å²) in [6.45, 7) is 2.66. The van der Waals surface area contributed by atoms with E-state index in [1.54, 1.807) is 23.1 Å². The molecule has 0 spiro atoms. The van der Waals surface area contributed by atoms with Crippen LogP contribution in [0.25, 0.3) is 11.0 Å². The minimum Gasteiger partial charge on any atom is -0.494 e. The molecule has 1 amide bonds. The quantitative estimate of drug-likeness (QED) is 0.725. The number of para-hydroxylation sites is 2. The van der Waals surface area contributed by atoms with Gasteiger partial charge in [-0.3, -0.25) is 10.2 Å². The summed E-state index contributed by atoms with van der Waals surface area (Å²) in [5.41, 5.74) is 4.40. The molecule has 0 radical (unpaired) electrons. The first-order valence-corrected chi connectivity index (χ1v) is 7.84. The highest BCUT2D eigenvalue weighted by Crippen LogP contribution is 2.17. The first-order valence-electron chi connectivity index (χ1n) is 7.84. The highest BCUT2D eigenvalue weighted by atomic mass is 16.5. The molecule has 0 aliphatic carbocycles. The van der Waals surface area contributed by atoms with Crippen LogP contribution in [0.1, 0.15) is 13.3 Å². The standard InChI is InChI=1S/C18H19N3O3/c1-2-11-23-14-7-9-15(10-8-14)24-12-18(22)20-21-13-19-16-5-3-4-6-17(16)21/h3-10,13H,2,11-12H2,1H3,(H,20,22). The summed E-state index contributed by atoms with van der Waals surface area (Å²) in [6, 6.07) is 14.8. The largest absolute Gasteiger partial charge is 0.494 e. The van der Waals surface area contributed by atoms with Crippen LogP contribution >= 0.6 is 0 Å². The Morgan fingerprint density at radius 3 is 2.54 bits per heavy atom. The van der Waals surface area contributed by atoms with E-state index < -0.39 is 0 Å². The maximum absolute atomic E-state index is 12.0. The van der Waals surface area contributed by atoms with E-state index >= 15 is 0 Å². The minimum atomic E-state index is -0.260. The van der Waals surface area contributed by atoms with Gasteiger partial charge in [0.25, 0.3) is 5.91 Å². The molecule has 0 bridgehead atoms. The molecule has 3 aromatic rings. The number of benzene rings is 2. The van der Waals surface area contributed by atoms with Gasteiger partial charge in [0.2, 0.25) is 0 Å². The Hall–Kier alpha value is -3.02. The first kappa shape index (κ1) is 15.9. The Morgan fingerprint density at radius 2 is 1.79 bits per heavy atom. The summed E-state index contributed by atoms with van der Waals surface area (Å²) in [4.78, 5) is 16.2. The van der Waals surface area contributed by atoms with Crippen LogP contribution in [0.4, 0.5) is 0 Å². The molecule has 1 N–H and O–H groups in total. The molecule has 0 atom stereocenters. The lowest BCUT2D eigenvalue weighted by atomic mass is 10.3. The fourth-order valence-electron chi connectivity index (χ4n) is 2.22. The van der Waals surface area contributed by atoms with E-state index in [-0.39, 0.29) is 12.5 Å². The van der Waals surface area contributed by atoms with Gasteiger partial charge in [0, 0.05) is 0 Å². The molecule has 0 aliphatic heterocycles. The lowest BCUT2D eigenvalue weighted by Gasteiger charge is -2.09. The van der Waals surface area contributed by atoms with Crippen molar-refractivity contribution in [2.75, 3.05) is 18.6 Å². The number of hydrogen-bond acceptors (Lipinski definition) is 4. The van der Waals surface area contributed by atoms with Gasteiger partial charge in [-0.25, -0.2) is 9.66 Å². The van der Waals surface area contributed by atoms with E-state index in [2.05, 4.69) is 17.3 Å². The lowest BCUT2D eigenvalue weighted by molar-refractivity contribution is -0.119. The van der Waals surface area contributed by atoms with Gasteiger partial charge < -0.3 is 9.47 Å². The van der Waals surface area contributed by atoms with Crippen LogP contribution in [0.15, 0.2) is 54.9 Å². The number of nitrogens with one attached hydrogen (secondary N) is 1. The number of amides is 1. The number of fused-ring (bicyclic) bond motifs is 1. The van der Waals surface area contributed by atoms with E-state index in [1.165, 1.54) is 0 Å². The molecule has 1 heterocycles. The van der Waals surface area contributed by atoms with E-state index in [4.69, 9.17) is 9.47 Å². The average Bonchev–Trinajstić information content (AvgIpc) is 3.02. The lowest BCUT2D eigenvalue weighted by Crippen LogP contribution is -2.27. The molecule has 0 saturated carbocycles. The van der Waals surface area contributed by atoms with Crippen molar-refractivity contribution in [3.8, 4) is 11.5 Å². The van der Waals surface area contributed by atoms with Crippen LogP contribution in [-0.2, 0) is 4.79 Å². The minimum absolute atomic E-state index is 0.0817. The van der Waals surface area contributed by atoms with Crippen molar-refractivity contribution >= 4 is 16.9 Å². The van der Waals surface area contributed by atoms with Crippen molar-refractivity contribution in [1.82, 2.24) is 9.66 Å². The molecule has 124 valence electrons. The summed E-state index contributed by atoms with van der Waals surface area (Å²) in [5, 5.41) is 0. The predicted molar refractivity (Wildman–Crippen MR) is 91.8 cm³/mol. The summed E-state index contributed by atoms with van der Waals surface area (Å²) in [6.07, 6.45) is 2.53. The van der Waals surface area contributed by atoms with Crippen molar-refractivity contribution in [2.24, 2.45) is 0 Å². The van der Waals surface area contributed by atoms with Crippen LogP contribution in [0.5, 0.6) is 11.5 Å². The SMILES string of the molecule is CCCOc1ccc(OCC(=O)Nn2cnc3ccccc32)cc1. The summed E-state index contributed by atoms with van der Waals surface area (Å²) in [5.74, 6) is 1.15. The summed E-state index contributed by atoms with van der Waals surface area (Å²) < 4.78 is 12.6. The Labute approximate surface area is 140 Å². The second kappa shape index (κ2) is 7.50. The number of ether oxygens (including phenoxy) is 2. The molecule has 0 aliphatic rings. The molecule has 6 heteroatoms. The van der Waals surface area contributed by atoms with Gasteiger partial charge in [-0.15, -0.1) is 0 Å². The molecule has 0 saturated heterocycles. The van der Waals surface area contributed by atoms with Crippen LogP contribution in [0.3, 0.4) is 0 Å². The first-order chi connectivity index (χ1) is 11.8. The predicted octanol–water partition coefficient (Wildman–Crippen LogP) is 2.97. The Kier molecular flexibility index (Phi) is 4.96. The average molecular weight is 325 g/mol. The normalized spacial score (nSPS) is 10.5. The zero-order valence-electron chi connectivity index (χ0n) is 13.4. The second-order valence-corrected chi connectivity index (χ2v) is 5.25. The third-order valence-electron chi connectivity index (χ3n) is 3.37. The maximum Gasteiger partial charge on any atom is 0.276 e. The number of nitrogens with zero attached hydrogens (tertiary/aromatic N) is 2. The molecule has 1 aromatic heterocycles. The van der Waals surface area contributed by atoms with Gasteiger partial charge >= 0.3 is 0 Å². The third kappa shape index (κ3) is 3.84. The number of carbonyl (C=O) groups excluding carboxylic acids is 1. The zero-order chi connectivity index (χ0) is 16.8. The van der Waals surface area contributed by atoms with Crippen molar-refractivity contribution < 1.29 is 14.3 Å². The fourth-order valence-corrected chi connectivity index (χ4v) is 2.22. The molecule has 2 aromatic carbocycles. The molecule has 24 heavy (non-hydrogen) atoms. The molecular weight excluding hydrogens is 306 g/mol. The van der Waals surface area contributed by atoms with Crippen LogP contribution < -0.4 is 14.9 Å². The fraction of sp³-hybridized carbons (Fsp3) is 0.222. The van der Waals surface area contributed by atoms with Crippen LogP contribution in [0, 0.1) is 0 Å². The molecular formula is C18H19N3O3. The summed E-state index contributed by atoms with van der Waals surface area (Å²) in [7, 11) is 0. The van der Waals surface area contributed by atoms with Gasteiger partial charge in [-0.2, -0.15) is 0 Å². The maximum atomic E-state index is 12.0. The topological polar surface area (TPSA) is 65.4 Å². The molecule has 3 rings (SSSR count). The number of carbonyl (C=O) groups is 1. The van der Waals surface area contributed by atoms with Crippen LogP contribution in [0.2, 0.25) is 0 Å². The molecule has 6 nitrogen and oxygen atoms in total. The van der Waals surface area contributed by atoms with Gasteiger partial charge in [0.05, 0.1) is 17.6 Å². The van der Waals surface area contributed by atoms with Gasteiger partial charge in [-0.1, -0.05) is 19.1 Å². The van der Waals surface area contributed by atoms with E-state index in [0.29, 0.717) is 12.4 Å². The van der Waals surface area contributed by atoms with E-state index in [9.17, 15) is 4.79 Å². The smallest absolute Gasteiger partial charge is 0.276 e. The number of imidazole rings is 1. The molecule has 0 unspecified atom stereocenters. The monoisotopic (exact) mass is 325 g/mol. The number of hydrogen-bond donors (Lipinski definition) is 1. The molecule has 0 fully saturated rings. The Balaban J connectivity index is 1.54. The van der Waals surface area contributed by atoms with Gasteiger partial charge in [0.1, 0.15) is 17.8 Å². The number of aromatic nitrogens is 2. The van der Waals surface area contributed by atoms with Crippen molar-refractivity contribution in [3.63, 3.8) is 0 Å². The highest BCUT2D eigenvalue weighted by Gasteiger charge is 2.07. The zero-order valence-corrected chi connectivity index (χ0v) is 13.4. The third-order valence-corrected chi connectivity index (χ3v) is 3.37. The van der Waals surface area contributed by atoms with Gasteiger partial charge in [0.15, 0.2) is 6.61 Å². The highest BCUT2D eigenvalue weighted by molar-refractivity contribution is 5.87. The van der Waals surface area contributed by atoms with E-state index in [0.717, 1.165) is 23.2 Å². The summed E-state index contributed by atoms with van der Waals surface area (Å²) >= 11 is 0. The van der Waals surface area contributed by atoms with Crippen LogP contribution in [-0.4, -0.2) is 28.8 Å². The Bertz CT molecular complexity index is 812. The van der Waals surface area contributed by atoms with Gasteiger partial charge in [-0.05, 0) is 42.8 Å².